The number of piperidine rings is 1. The van der Waals surface area contributed by atoms with E-state index in [9.17, 15) is 14.3 Å². The first kappa shape index (κ1) is 18.9. The number of hydrogen-bond acceptors (Lipinski definition) is 4. The van der Waals surface area contributed by atoms with Crippen molar-refractivity contribution in [2.75, 3.05) is 31.1 Å². The lowest BCUT2D eigenvalue weighted by Gasteiger charge is -2.39. The van der Waals surface area contributed by atoms with E-state index in [4.69, 9.17) is 11.6 Å². The molecule has 0 unspecified atom stereocenters. The molecule has 0 atom stereocenters. The van der Waals surface area contributed by atoms with E-state index in [0.717, 1.165) is 58.0 Å². The summed E-state index contributed by atoms with van der Waals surface area (Å²) >= 11 is 5.97. The van der Waals surface area contributed by atoms with Crippen molar-refractivity contribution in [2.45, 2.75) is 51.0 Å². The van der Waals surface area contributed by atoms with Crippen LogP contribution in [-0.2, 0) is 4.79 Å². The number of carbonyl (C=O) groups excluding carboxylic acids is 1. The number of amides is 1. The Balaban J connectivity index is 1.37. The third kappa shape index (κ3) is 3.79. The average molecular weight is 396 g/mol. The zero-order valence-corrected chi connectivity index (χ0v) is 16.3. The Morgan fingerprint density at radius 1 is 1.19 bits per heavy atom. The van der Waals surface area contributed by atoms with Crippen LogP contribution < -0.4 is 4.90 Å². The van der Waals surface area contributed by atoms with Crippen LogP contribution in [0.4, 0.5) is 10.1 Å². The van der Waals surface area contributed by atoms with Crippen LogP contribution in [0.2, 0.25) is 5.02 Å². The van der Waals surface area contributed by atoms with Crippen molar-refractivity contribution in [1.29, 1.82) is 0 Å². The van der Waals surface area contributed by atoms with Crippen LogP contribution in [-0.4, -0.2) is 53.2 Å². The summed E-state index contributed by atoms with van der Waals surface area (Å²) in [5, 5.41) is 10.1. The zero-order valence-electron chi connectivity index (χ0n) is 15.5. The van der Waals surface area contributed by atoms with Gasteiger partial charge < -0.3 is 14.9 Å². The Morgan fingerprint density at radius 2 is 1.85 bits per heavy atom. The lowest BCUT2D eigenvalue weighted by atomic mass is 9.77. The summed E-state index contributed by atoms with van der Waals surface area (Å²) in [5.74, 6) is 0.284. The first-order valence-electron chi connectivity index (χ1n) is 10.0. The second-order valence-corrected chi connectivity index (χ2v) is 8.84. The Hall–Kier alpha value is -1.40. The van der Waals surface area contributed by atoms with Gasteiger partial charge in [-0.1, -0.05) is 11.6 Å². The molecular weight excluding hydrogens is 369 g/mol. The number of halogens is 2. The quantitative estimate of drug-likeness (QED) is 0.798. The standard InChI is InChI=1S/C20H27ClFN3O2/c21-15-11-17(18(22)23-12-15)24-8-5-20(6-9-24)7-10-25(19(20)27)13-14-1-3-16(26)4-2-14/h11-12,14,16,26H,1-10,13H2. The number of rotatable bonds is 3. The predicted octanol–water partition coefficient (Wildman–Crippen LogP) is 3.24. The van der Waals surface area contributed by atoms with Crippen LogP contribution in [0.1, 0.15) is 44.9 Å². The van der Waals surface area contributed by atoms with Gasteiger partial charge in [0.15, 0.2) is 0 Å². The topological polar surface area (TPSA) is 56.7 Å². The van der Waals surface area contributed by atoms with Gasteiger partial charge >= 0.3 is 0 Å². The minimum absolute atomic E-state index is 0.160. The smallest absolute Gasteiger partial charge is 0.236 e. The summed E-state index contributed by atoms with van der Waals surface area (Å²) in [4.78, 5) is 20.8. The summed E-state index contributed by atoms with van der Waals surface area (Å²) in [6.45, 7) is 2.94. The summed E-state index contributed by atoms with van der Waals surface area (Å²) < 4.78 is 14.0. The van der Waals surface area contributed by atoms with Gasteiger partial charge in [-0.25, -0.2) is 4.98 Å². The van der Waals surface area contributed by atoms with Crippen molar-refractivity contribution < 1.29 is 14.3 Å². The van der Waals surface area contributed by atoms with Crippen molar-refractivity contribution in [3.8, 4) is 0 Å². The van der Waals surface area contributed by atoms with Crippen molar-refractivity contribution in [3.63, 3.8) is 0 Å². The summed E-state index contributed by atoms with van der Waals surface area (Å²) in [7, 11) is 0. The molecule has 3 heterocycles. The van der Waals surface area contributed by atoms with Gasteiger partial charge in [0.25, 0.3) is 0 Å². The fourth-order valence-corrected chi connectivity index (χ4v) is 5.13. The highest BCUT2D eigenvalue weighted by Gasteiger charge is 2.48. The molecule has 1 aliphatic carbocycles. The van der Waals surface area contributed by atoms with Gasteiger partial charge in [0, 0.05) is 32.4 Å². The normalized spacial score (nSPS) is 28.2. The van der Waals surface area contributed by atoms with Gasteiger partial charge in [-0.15, -0.1) is 0 Å². The number of pyridine rings is 1. The molecule has 1 aromatic rings. The highest BCUT2D eigenvalue weighted by Crippen LogP contribution is 2.43. The number of aromatic nitrogens is 1. The molecule has 2 aliphatic heterocycles. The number of hydrogen-bond donors (Lipinski definition) is 1. The molecule has 0 radical (unpaired) electrons. The van der Waals surface area contributed by atoms with Gasteiger partial charge in [-0.3, -0.25) is 4.79 Å². The number of aliphatic hydroxyl groups is 1. The van der Waals surface area contributed by atoms with Gasteiger partial charge in [0.1, 0.15) is 0 Å². The van der Waals surface area contributed by atoms with Crippen LogP contribution in [0.3, 0.4) is 0 Å². The minimum atomic E-state index is -0.505. The Labute approximate surface area is 164 Å². The SMILES string of the molecule is O=C1N(CC2CCC(O)CC2)CCC12CCN(c1cc(Cl)cnc1F)CC2. The molecular formula is C20H27ClFN3O2. The molecule has 1 aromatic heterocycles. The van der Waals surface area contributed by atoms with E-state index in [1.54, 1.807) is 6.07 Å². The molecule has 5 nitrogen and oxygen atoms in total. The largest absolute Gasteiger partial charge is 0.393 e. The highest BCUT2D eigenvalue weighted by molar-refractivity contribution is 6.30. The maximum Gasteiger partial charge on any atom is 0.236 e. The third-order valence-electron chi connectivity index (χ3n) is 6.74. The molecule has 1 N–H and O–H groups in total. The Morgan fingerprint density at radius 3 is 2.56 bits per heavy atom. The Kier molecular flexibility index (Phi) is 5.30. The number of nitrogens with zero attached hydrogens (tertiary/aromatic N) is 3. The van der Waals surface area contributed by atoms with Crippen LogP contribution in [0.5, 0.6) is 0 Å². The molecule has 1 amide bonds. The van der Waals surface area contributed by atoms with E-state index < -0.39 is 5.95 Å². The molecule has 4 rings (SSSR count). The molecule has 0 aromatic carbocycles. The van der Waals surface area contributed by atoms with Crippen molar-refractivity contribution >= 4 is 23.2 Å². The van der Waals surface area contributed by atoms with Crippen LogP contribution in [0, 0.1) is 17.3 Å². The molecule has 2 saturated heterocycles. The number of aliphatic hydroxyl groups excluding tert-OH is 1. The van der Waals surface area contributed by atoms with Crippen molar-refractivity contribution in [3.05, 3.63) is 23.2 Å². The monoisotopic (exact) mass is 395 g/mol. The highest BCUT2D eigenvalue weighted by atomic mass is 35.5. The molecule has 1 spiro atoms. The van der Waals surface area contributed by atoms with E-state index in [1.165, 1.54) is 6.20 Å². The van der Waals surface area contributed by atoms with Crippen molar-refractivity contribution in [2.24, 2.45) is 11.3 Å². The summed E-state index contributed by atoms with van der Waals surface area (Å²) in [6, 6.07) is 1.61. The lowest BCUT2D eigenvalue weighted by molar-refractivity contribution is -0.137. The van der Waals surface area contributed by atoms with Gasteiger partial charge in [0.05, 0.1) is 22.2 Å². The zero-order chi connectivity index (χ0) is 19.0. The first-order valence-corrected chi connectivity index (χ1v) is 10.4. The summed E-state index contributed by atoms with van der Waals surface area (Å²) in [5.41, 5.74) is 0.146. The fourth-order valence-electron chi connectivity index (χ4n) is 4.98. The predicted molar refractivity (Wildman–Crippen MR) is 102 cm³/mol. The Bertz CT molecular complexity index is 700. The number of anilines is 1. The minimum Gasteiger partial charge on any atom is -0.393 e. The van der Waals surface area contributed by atoms with Crippen molar-refractivity contribution in [1.82, 2.24) is 9.88 Å². The van der Waals surface area contributed by atoms with Crippen LogP contribution >= 0.6 is 11.6 Å². The summed E-state index contributed by atoms with van der Waals surface area (Å²) in [6.07, 6.45) is 7.26. The van der Waals surface area contributed by atoms with E-state index in [1.807, 2.05) is 9.80 Å². The molecule has 7 heteroatoms. The van der Waals surface area contributed by atoms with E-state index in [0.29, 0.717) is 29.7 Å². The van der Waals surface area contributed by atoms with E-state index in [-0.39, 0.29) is 17.4 Å². The second kappa shape index (κ2) is 7.55. The first-order chi connectivity index (χ1) is 13.0. The number of carbonyl (C=O) groups is 1. The molecule has 1 saturated carbocycles. The average Bonchev–Trinajstić information content (AvgIpc) is 2.96. The fraction of sp³-hybridized carbons (Fsp3) is 0.700. The van der Waals surface area contributed by atoms with Gasteiger partial charge in [0.2, 0.25) is 11.9 Å². The maximum atomic E-state index is 14.0. The van der Waals surface area contributed by atoms with Gasteiger partial charge in [-0.2, -0.15) is 4.39 Å². The second-order valence-electron chi connectivity index (χ2n) is 8.41. The van der Waals surface area contributed by atoms with E-state index in [2.05, 4.69) is 4.98 Å². The molecule has 27 heavy (non-hydrogen) atoms. The molecule has 148 valence electrons. The number of likely N-dealkylation sites (tertiary alicyclic amines) is 1. The van der Waals surface area contributed by atoms with E-state index >= 15 is 0 Å². The molecule has 3 fully saturated rings. The molecule has 0 bridgehead atoms. The third-order valence-corrected chi connectivity index (χ3v) is 6.95. The van der Waals surface area contributed by atoms with Crippen LogP contribution in [0.15, 0.2) is 12.3 Å². The maximum absolute atomic E-state index is 14.0. The van der Waals surface area contributed by atoms with Crippen LogP contribution in [0.25, 0.3) is 0 Å². The molecule has 3 aliphatic rings. The van der Waals surface area contributed by atoms with Gasteiger partial charge in [-0.05, 0) is 56.9 Å². The lowest BCUT2D eigenvalue weighted by Crippen LogP contribution is -2.45.